The van der Waals surface area contributed by atoms with Gasteiger partial charge in [-0.25, -0.2) is 0 Å². The highest BCUT2D eigenvalue weighted by Gasteiger charge is 2.36. The number of methoxy groups -OCH3 is 1. The van der Waals surface area contributed by atoms with Crippen LogP contribution in [-0.4, -0.2) is 62.5 Å². The van der Waals surface area contributed by atoms with Crippen LogP contribution in [-0.2, 0) is 9.59 Å². The maximum atomic E-state index is 12.9. The lowest BCUT2D eigenvalue weighted by atomic mass is 10.1. The van der Waals surface area contributed by atoms with Crippen LogP contribution in [0.1, 0.15) is 36.2 Å². The zero-order valence-corrected chi connectivity index (χ0v) is 20.7. The zero-order valence-electron chi connectivity index (χ0n) is 19.9. The number of nitrogens with zero attached hydrogens (tertiary/aromatic N) is 5. The summed E-state index contributed by atoms with van der Waals surface area (Å²) in [5, 5.41) is 15.3. The molecule has 5 rings (SSSR count). The molecule has 3 aliphatic heterocycles. The Kier molecular flexibility index (Phi) is 6.06. The highest BCUT2D eigenvalue weighted by atomic mass is 32.2. The lowest BCUT2D eigenvalue weighted by molar-refractivity contribution is -0.128. The standard InChI is InChI=1S/C25H26N6O3S/c1-15-11-17(16(2)30(15)18-7-6-8-19(13-18)34-3)12-20-23(26)31-25(27-24(20)33)35-21(28-31)14-22(32)29-9-4-5-10-29/h6-8,11-13,26H,4-5,9-10,14H2,1-3H3/b20-12+,26-23?. The Morgan fingerprint density at radius 1 is 1.23 bits per heavy atom. The van der Waals surface area contributed by atoms with Gasteiger partial charge in [-0.05, 0) is 68.3 Å². The molecule has 1 aromatic heterocycles. The number of likely N-dealkylation sites (tertiary alicyclic amines) is 1. The number of aliphatic imine (C=N–C) groups is 1. The monoisotopic (exact) mass is 490 g/mol. The molecule has 10 heteroatoms. The summed E-state index contributed by atoms with van der Waals surface area (Å²) in [5.41, 5.74) is 3.84. The summed E-state index contributed by atoms with van der Waals surface area (Å²) in [6.45, 7) is 5.51. The van der Waals surface area contributed by atoms with E-state index in [1.165, 1.54) is 16.8 Å². The second-order valence-electron chi connectivity index (χ2n) is 8.64. The average Bonchev–Trinajstić information content (AvgIpc) is 3.57. The third-order valence-electron chi connectivity index (χ3n) is 6.34. The summed E-state index contributed by atoms with van der Waals surface area (Å²) in [5.74, 6) is 0.252. The summed E-state index contributed by atoms with van der Waals surface area (Å²) in [6, 6.07) is 9.73. The highest BCUT2D eigenvalue weighted by Crippen LogP contribution is 2.31. The van der Waals surface area contributed by atoms with E-state index in [0.717, 1.165) is 54.3 Å². The van der Waals surface area contributed by atoms with E-state index < -0.39 is 5.91 Å². The molecule has 9 nitrogen and oxygen atoms in total. The number of aromatic nitrogens is 1. The fourth-order valence-corrected chi connectivity index (χ4v) is 5.42. The van der Waals surface area contributed by atoms with Crippen molar-refractivity contribution in [2.24, 2.45) is 10.1 Å². The SMILES string of the molecule is COc1cccc(-n2c(C)cc(/C=C3\C(=N)N4N=C(CC(=O)N5CCCC5)SC4=NC3=O)c2C)c1. The van der Waals surface area contributed by atoms with E-state index in [1.54, 1.807) is 13.2 Å². The van der Waals surface area contributed by atoms with E-state index in [-0.39, 0.29) is 23.7 Å². The van der Waals surface area contributed by atoms with Crippen molar-refractivity contribution in [3.63, 3.8) is 0 Å². The number of hydrogen-bond donors (Lipinski definition) is 1. The van der Waals surface area contributed by atoms with Crippen molar-refractivity contribution in [3.8, 4) is 11.4 Å². The van der Waals surface area contributed by atoms with Crippen LogP contribution in [0.3, 0.4) is 0 Å². The number of benzene rings is 1. The summed E-state index contributed by atoms with van der Waals surface area (Å²) in [6.07, 6.45) is 3.89. The van der Waals surface area contributed by atoms with E-state index in [4.69, 9.17) is 10.1 Å². The van der Waals surface area contributed by atoms with Crippen molar-refractivity contribution < 1.29 is 14.3 Å². The van der Waals surface area contributed by atoms with Gasteiger partial charge in [0.25, 0.3) is 5.91 Å². The van der Waals surface area contributed by atoms with Crippen LogP contribution in [0.4, 0.5) is 0 Å². The second kappa shape index (κ2) is 9.18. The molecule has 0 radical (unpaired) electrons. The average molecular weight is 491 g/mol. The first kappa shape index (κ1) is 23.1. The number of aryl methyl sites for hydroxylation is 1. The first-order valence-corrected chi connectivity index (χ1v) is 12.3. The van der Waals surface area contributed by atoms with Crippen molar-refractivity contribution in [2.75, 3.05) is 20.2 Å². The molecule has 1 fully saturated rings. The van der Waals surface area contributed by atoms with Gasteiger partial charge in [0.15, 0.2) is 5.84 Å². The fraction of sp³-hybridized carbons (Fsp3) is 0.320. The first-order chi connectivity index (χ1) is 16.9. The molecule has 1 N–H and O–H groups in total. The third-order valence-corrected chi connectivity index (χ3v) is 7.25. The van der Waals surface area contributed by atoms with Gasteiger partial charge < -0.3 is 14.2 Å². The predicted octanol–water partition coefficient (Wildman–Crippen LogP) is 3.73. The Morgan fingerprint density at radius 2 is 2.00 bits per heavy atom. The Balaban J connectivity index is 1.42. The fourth-order valence-electron chi connectivity index (χ4n) is 4.55. The Labute approximate surface area is 207 Å². The first-order valence-electron chi connectivity index (χ1n) is 11.5. The third kappa shape index (κ3) is 4.29. The van der Waals surface area contributed by atoms with Crippen LogP contribution >= 0.6 is 11.8 Å². The maximum absolute atomic E-state index is 12.9. The van der Waals surface area contributed by atoms with Crippen LogP contribution in [0, 0.1) is 19.3 Å². The number of fused-ring (bicyclic) bond motifs is 1. The van der Waals surface area contributed by atoms with E-state index in [1.807, 2.05) is 49.1 Å². The second-order valence-corrected chi connectivity index (χ2v) is 9.68. The van der Waals surface area contributed by atoms with Gasteiger partial charge in [0.1, 0.15) is 10.8 Å². The Hall–Kier alpha value is -3.66. The normalized spacial score (nSPS) is 18.8. The summed E-state index contributed by atoms with van der Waals surface area (Å²) in [7, 11) is 1.63. The van der Waals surface area contributed by atoms with Gasteiger partial charge in [-0.1, -0.05) is 6.07 Å². The minimum atomic E-state index is -0.484. The molecule has 0 atom stereocenters. The smallest absolute Gasteiger partial charge is 0.283 e. The minimum absolute atomic E-state index is 0.0211. The van der Waals surface area contributed by atoms with Gasteiger partial charge in [0, 0.05) is 36.2 Å². The number of hydrazone groups is 1. The summed E-state index contributed by atoms with van der Waals surface area (Å²) >= 11 is 1.18. The van der Waals surface area contributed by atoms with Gasteiger partial charge in [-0.3, -0.25) is 15.0 Å². The lowest BCUT2D eigenvalue weighted by Gasteiger charge is -2.20. The summed E-state index contributed by atoms with van der Waals surface area (Å²) < 4.78 is 7.43. The Bertz CT molecular complexity index is 1330. The van der Waals surface area contributed by atoms with Crippen LogP contribution < -0.4 is 4.74 Å². The molecule has 2 amide bonds. The van der Waals surface area contributed by atoms with Crippen molar-refractivity contribution in [3.05, 3.63) is 52.9 Å². The number of thioether (sulfide) groups is 1. The number of amides is 2. The quantitative estimate of drug-likeness (QED) is 0.643. The van der Waals surface area contributed by atoms with Crippen molar-refractivity contribution in [1.82, 2.24) is 14.5 Å². The van der Waals surface area contributed by atoms with E-state index in [0.29, 0.717) is 10.2 Å². The van der Waals surface area contributed by atoms with Crippen LogP contribution in [0.25, 0.3) is 11.8 Å². The molecule has 0 bridgehead atoms. The number of rotatable bonds is 5. The van der Waals surface area contributed by atoms with Crippen LogP contribution in [0.5, 0.6) is 5.75 Å². The number of carbonyl (C=O) groups is 2. The number of amidine groups is 2. The minimum Gasteiger partial charge on any atom is -0.497 e. The van der Waals surface area contributed by atoms with E-state index >= 15 is 0 Å². The molecule has 3 aliphatic rings. The Morgan fingerprint density at radius 3 is 2.74 bits per heavy atom. The molecule has 4 heterocycles. The number of carbonyl (C=O) groups excluding carboxylic acids is 2. The van der Waals surface area contributed by atoms with Crippen molar-refractivity contribution >= 4 is 45.7 Å². The van der Waals surface area contributed by atoms with Gasteiger partial charge in [-0.2, -0.15) is 15.1 Å². The van der Waals surface area contributed by atoms with Crippen molar-refractivity contribution in [1.29, 1.82) is 5.41 Å². The van der Waals surface area contributed by atoms with Gasteiger partial charge in [0.2, 0.25) is 11.1 Å². The predicted molar refractivity (Wildman–Crippen MR) is 137 cm³/mol. The van der Waals surface area contributed by atoms with Gasteiger partial charge in [0.05, 0.1) is 19.1 Å². The molecular formula is C25H26N6O3S. The summed E-state index contributed by atoms with van der Waals surface area (Å²) in [4.78, 5) is 31.4. The topological polar surface area (TPSA) is 103 Å². The van der Waals surface area contributed by atoms with Crippen LogP contribution in [0.2, 0.25) is 0 Å². The molecule has 0 saturated carbocycles. The zero-order chi connectivity index (χ0) is 24.7. The molecule has 2 aromatic rings. The highest BCUT2D eigenvalue weighted by molar-refractivity contribution is 8.27. The number of hydrogen-bond acceptors (Lipinski definition) is 6. The van der Waals surface area contributed by atoms with Gasteiger partial charge >= 0.3 is 0 Å². The molecule has 1 aromatic carbocycles. The van der Waals surface area contributed by atoms with E-state index in [2.05, 4.69) is 14.7 Å². The van der Waals surface area contributed by atoms with Crippen molar-refractivity contribution in [2.45, 2.75) is 33.1 Å². The molecular weight excluding hydrogens is 464 g/mol. The molecule has 35 heavy (non-hydrogen) atoms. The molecule has 0 aliphatic carbocycles. The van der Waals surface area contributed by atoms with Crippen LogP contribution in [0.15, 0.2) is 46.0 Å². The number of nitrogens with one attached hydrogen (secondary N) is 1. The van der Waals surface area contributed by atoms with E-state index in [9.17, 15) is 9.59 Å². The largest absolute Gasteiger partial charge is 0.497 e. The number of ether oxygens (including phenoxy) is 1. The molecule has 0 spiro atoms. The lowest BCUT2D eigenvalue weighted by Crippen LogP contribution is -2.35. The molecule has 180 valence electrons. The van der Waals surface area contributed by atoms with Gasteiger partial charge in [-0.15, -0.1) is 0 Å². The molecule has 1 saturated heterocycles. The molecule has 0 unspecified atom stereocenters. The maximum Gasteiger partial charge on any atom is 0.283 e.